The minimum atomic E-state index is -0.288. The fraction of sp³-hybridized carbons (Fsp3) is 0.250. The van der Waals surface area contributed by atoms with Crippen molar-refractivity contribution >= 4 is 17.3 Å². The van der Waals surface area contributed by atoms with Gasteiger partial charge in [-0.3, -0.25) is 0 Å². The van der Waals surface area contributed by atoms with E-state index in [0.717, 1.165) is 5.69 Å². The highest BCUT2D eigenvalue weighted by molar-refractivity contribution is 6.32. The Morgan fingerprint density at radius 1 is 1.05 bits per heavy atom. The Bertz CT molecular complexity index is 620. The molecular formula is C16H17ClFNO3. The number of halogens is 2. The van der Waals surface area contributed by atoms with Gasteiger partial charge < -0.3 is 19.5 Å². The van der Waals surface area contributed by atoms with Crippen LogP contribution < -0.4 is 19.5 Å². The number of ether oxygens (including phenoxy) is 3. The molecule has 0 radical (unpaired) electrons. The Morgan fingerprint density at radius 2 is 1.73 bits per heavy atom. The van der Waals surface area contributed by atoms with Gasteiger partial charge in [0.05, 0.1) is 24.9 Å². The van der Waals surface area contributed by atoms with Crippen LogP contribution in [0.2, 0.25) is 5.02 Å². The van der Waals surface area contributed by atoms with E-state index in [0.29, 0.717) is 35.4 Å². The van der Waals surface area contributed by atoms with Crippen molar-refractivity contribution in [1.29, 1.82) is 0 Å². The first-order valence-corrected chi connectivity index (χ1v) is 7.05. The van der Waals surface area contributed by atoms with Gasteiger partial charge in [0.15, 0.2) is 0 Å². The van der Waals surface area contributed by atoms with Gasteiger partial charge in [-0.05, 0) is 24.3 Å². The van der Waals surface area contributed by atoms with Crippen LogP contribution in [0.3, 0.4) is 0 Å². The Labute approximate surface area is 133 Å². The Balaban J connectivity index is 1.92. The highest BCUT2D eigenvalue weighted by Gasteiger charge is 2.09. The Kier molecular flexibility index (Phi) is 5.72. The quantitative estimate of drug-likeness (QED) is 0.781. The Morgan fingerprint density at radius 3 is 2.36 bits per heavy atom. The molecule has 0 heterocycles. The predicted octanol–water partition coefficient (Wildman–Crippen LogP) is 3.99. The van der Waals surface area contributed by atoms with Gasteiger partial charge in [0.25, 0.3) is 0 Å². The largest absolute Gasteiger partial charge is 0.495 e. The van der Waals surface area contributed by atoms with E-state index >= 15 is 0 Å². The molecule has 0 aliphatic rings. The number of methoxy groups -OCH3 is 2. The maximum atomic E-state index is 12.8. The number of hydrogen-bond acceptors (Lipinski definition) is 4. The molecule has 4 nitrogen and oxygen atoms in total. The molecule has 0 aliphatic carbocycles. The van der Waals surface area contributed by atoms with Crippen molar-refractivity contribution in [3.8, 4) is 17.2 Å². The number of nitrogens with one attached hydrogen (secondary N) is 1. The average molecular weight is 326 g/mol. The van der Waals surface area contributed by atoms with Gasteiger partial charge in [-0.1, -0.05) is 11.6 Å². The van der Waals surface area contributed by atoms with Gasteiger partial charge in [0.2, 0.25) is 0 Å². The second-order valence-electron chi connectivity index (χ2n) is 4.42. The second kappa shape index (κ2) is 7.75. The summed E-state index contributed by atoms with van der Waals surface area (Å²) in [6.45, 7) is 0.957. The van der Waals surface area contributed by atoms with Crippen LogP contribution >= 0.6 is 11.6 Å². The van der Waals surface area contributed by atoms with Gasteiger partial charge >= 0.3 is 0 Å². The van der Waals surface area contributed by atoms with Crippen LogP contribution in [-0.4, -0.2) is 27.4 Å². The van der Waals surface area contributed by atoms with E-state index in [1.165, 1.54) is 12.1 Å². The van der Waals surface area contributed by atoms with Crippen molar-refractivity contribution in [3.05, 3.63) is 47.2 Å². The minimum absolute atomic E-state index is 0.288. The minimum Gasteiger partial charge on any atom is -0.495 e. The maximum Gasteiger partial charge on any atom is 0.143 e. The molecule has 0 aromatic heterocycles. The van der Waals surface area contributed by atoms with Gasteiger partial charge in [-0.15, -0.1) is 0 Å². The summed E-state index contributed by atoms with van der Waals surface area (Å²) in [7, 11) is 3.12. The van der Waals surface area contributed by atoms with Crippen molar-refractivity contribution in [3.63, 3.8) is 0 Å². The molecule has 0 bridgehead atoms. The smallest absolute Gasteiger partial charge is 0.143 e. The molecule has 0 spiro atoms. The molecule has 1 N–H and O–H groups in total. The molecule has 0 aliphatic heterocycles. The first-order valence-electron chi connectivity index (χ1n) is 6.68. The summed E-state index contributed by atoms with van der Waals surface area (Å²) in [6.07, 6.45) is 0. The molecule has 0 fully saturated rings. The van der Waals surface area contributed by atoms with Crippen molar-refractivity contribution in [2.24, 2.45) is 0 Å². The van der Waals surface area contributed by atoms with Gasteiger partial charge in [-0.25, -0.2) is 4.39 Å². The summed E-state index contributed by atoms with van der Waals surface area (Å²) in [6, 6.07) is 9.33. The van der Waals surface area contributed by atoms with Crippen molar-refractivity contribution < 1.29 is 18.6 Å². The fourth-order valence-electron chi connectivity index (χ4n) is 1.88. The lowest BCUT2D eigenvalue weighted by atomic mass is 10.2. The highest BCUT2D eigenvalue weighted by Crippen LogP contribution is 2.35. The van der Waals surface area contributed by atoms with Gasteiger partial charge in [0, 0.05) is 18.7 Å². The van der Waals surface area contributed by atoms with Crippen LogP contribution in [0.4, 0.5) is 10.1 Å². The lowest BCUT2D eigenvalue weighted by molar-refractivity contribution is 0.332. The molecule has 2 aromatic rings. The van der Waals surface area contributed by atoms with Crippen molar-refractivity contribution in [2.45, 2.75) is 0 Å². The van der Waals surface area contributed by atoms with Crippen LogP contribution in [-0.2, 0) is 0 Å². The van der Waals surface area contributed by atoms with Crippen LogP contribution in [0, 0.1) is 5.82 Å². The molecule has 22 heavy (non-hydrogen) atoms. The maximum absolute atomic E-state index is 12.8. The van der Waals surface area contributed by atoms with Gasteiger partial charge in [-0.2, -0.15) is 0 Å². The summed E-state index contributed by atoms with van der Waals surface area (Å²) in [5.41, 5.74) is 0.756. The van der Waals surface area contributed by atoms with Crippen LogP contribution in [0.25, 0.3) is 0 Å². The van der Waals surface area contributed by atoms with E-state index in [1.54, 1.807) is 38.5 Å². The van der Waals surface area contributed by atoms with Crippen molar-refractivity contribution in [1.82, 2.24) is 0 Å². The third-order valence-electron chi connectivity index (χ3n) is 2.97. The molecule has 2 rings (SSSR count). The number of benzene rings is 2. The SMILES string of the molecule is COc1cc(NCCOc2ccc(F)cc2)c(OC)cc1Cl. The van der Waals surface area contributed by atoms with E-state index in [9.17, 15) is 4.39 Å². The zero-order valence-corrected chi connectivity index (χ0v) is 13.1. The zero-order chi connectivity index (χ0) is 15.9. The average Bonchev–Trinajstić information content (AvgIpc) is 2.53. The fourth-order valence-corrected chi connectivity index (χ4v) is 2.11. The zero-order valence-electron chi connectivity index (χ0n) is 12.4. The first kappa shape index (κ1) is 16.2. The first-order chi connectivity index (χ1) is 10.6. The second-order valence-corrected chi connectivity index (χ2v) is 4.82. The summed E-state index contributed by atoms with van der Waals surface area (Å²) in [5.74, 6) is 1.50. The molecule has 0 amide bonds. The summed E-state index contributed by atoms with van der Waals surface area (Å²) < 4.78 is 28.7. The third kappa shape index (κ3) is 4.18. The van der Waals surface area contributed by atoms with E-state index in [4.69, 9.17) is 25.8 Å². The third-order valence-corrected chi connectivity index (χ3v) is 3.27. The molecule has 0 unspecified atom stereocenters. The lowest BCUT2D eigenvalue weighted by Gasteiger charge is -2.14. The summed E-state index contributed by atoms with van der Waals surface area (Å²) in [5, 5.41) is 3.66. The van der Waals surface area contributed by atoms with Crippen molar-refractivity contribution in [2.75, 3.05) is 32.7 Å². The normalized spacial score (nSPS) is 10.2. The molecule has 2 aromatic carbocycles. The topological polar surface area (TPSA) is 39.7 Å². The van der Waals surface area contributed by atoms with E-state index in [-0.39, 0.29) is 5.82 Å². The van der Waals surface area contributed by atoms with E-state index < -0.39 is 0 Å². The summed E-state index contributed by atoms with van der Waals surface area (Å²) in [4.78, 5) is 0. The lowest BCUT2D eigenvalue weighted by Crippen LogP contribution is -2.12. The molecular weight excluding hydrogens is 309 g/mol. The molecule has 6 heteroatoms. The highest BCUT2D eigenvalue weighted by atomic mass is 35.5. The molecule has 0 atom stereocenters. The standard InChI is InChI=1S/C16H17ClFNO3/c1-20-15-10-14(16(21-2)9-13(15)17)19-7-8-22-12-5-3-11(18)4-6-12/h3-6,9-10,19H,7-8H2,1-2H3. The monoisotopic (exact) mass is 325 g/mol. The van der Waals surface area contributed by atoms with Gasteiger partial charge in [0.1, 0.15) is 29.7 Å². The number of rotatable bonds is 7. The van der Waals surface area contributed by atoms with Crippen LogP contribution in [0.5, 0.6) is 17.2 Å². The Hall–Kier alpha value is -2.14. The number of anilines is 1. The number of hydrogen-bond donors (Lipinski definition) is 1. The van der Waals surface area contributed by atoms with Crippen LogP contribution in [0.15, 0.2) is 36.4 Å². The molecule has 0 saturated heterocycles. The van der Waals surface area contributed by atoms with E-state index in [1.807, 2.05) is 0 Å². The summed E-state index contributed by atoms with van der Waals surface area (Å²) >= 11 is 6.05. The molecule has 118 valence electrons. The van der Waals surface area contributed by atoms with E-state index in [2.05, 4.69) is 5.32 Å². The predicted molar refractivity (Wildman–Crippen MR) is 84.9 cm³/mol. The van der Waals surface area contributed by atoms with Crippen LogP contribution in [0.1, 0.15) is 0 Å². The molecule has 0 saturated carbocycles.